The molecule has 0 aromatic carbocycles. The highest BCUT2D eigenvalue weighted by Crippen LogP contribution is 2.21. The average Bonchev–Trinajstić information content (AvgIpc) is 2.66. The zero-order valence-electron chi connectivity index (χ0n) is 9.62. The second-order valence-electron chi connectivity index (χ2n) is 3.30. The molecule has 0 unspecified atom stereocenters. The van der Waals surface area contributed by atoms with Crippen LogP contribution in [0, 0.1) is 6.92 Å². The van der Waals surface area contributed by atoms with E-state index < -0.39 is 5.97 Å². The van der Waals surface area contributed by atoms with Crippen LogP contribution in [0.2, 0.25) is 0 Å². The van der Waals surface area contributed by atoms with Gasteiger partial charge < -0.3 is 10.1 Å². The van der Waals surface area contributed by atoms with Gasteiger partial charge in [0.2, 0.25) is 0 Å². The molecule has 1 aromatic rings. The minimum absolute atomic E-state index is 0.0899. The Morgan fingerprint density at radius 1 is 1.50 bits per heavy atom. The van der Waals surface area contributed by atoms with Crippen molar-refractivity contribution >= 4 is 23.2 Å². The molecule has 0 atom stereocenters. The third-order valence-corrected chi connectivity index (χ3v) is 3.28. The second-order valence-corrected chi connectivity index (χ2v) is 4.38. The Labute approximate surface area is 98.6 Å². The molecule has 0 bridgehead atoms. The Balaban J connectivity index is 2.69. The van der Waals surface area contributed by atoms with Crippen molar-refractivity contribution in [2.75, 3.05) is 13.7 Å². The van der Waals surface area contributed by atoms with Gasteiger partial charge in [-0.3, -0.25) is 9.59 Å². The predicted molar refractivity (Wildman–Crippen MR) is 62.8 cm³/mol. The van der Waals surface area contributed by atoms with E-state index in [-0.39, 0.29) is 12.5 Å². The van der Waals surface area contributed by atoms with Gasteiger partial charge in [0.1, 0.15) is 6.54 Å². The minimum atomic E-state index is -0.446. The molecule has 5 heteroatoms. The second kappa shape index (κ2) is 5.65. The van der Waals surface area contributed by atoms with Crippen molar-refractivity contribution in [1.82, 2.24) is 5.32 Å². The van der Waals surface area contributed by atoms with E-state index >= 15 is 0 Å². The number of hydrogen-bond acceptors (Lipinski definition) is 4. The average molecular weight is 241 g/mol. The van der Waals surface area contributed by atoms with E-state index in [1.54, 1.807) is 11.3 Å². The Bertz CT molecular complexity index is 398. The maximum Gasteiger partial charge on any atom is 0.325 e. The summed E-state index contributed by atoms with van der Waals surface area (Å²) in [7, 11) is 1.29. The third-order valence-electron chi connectivity index (χ3n) is 2.32. The molecule has 1 heterocycles. The molecule has 88 valence electrons. The number of nitrogens with one attached hydrogen (secondary N) is 1. The number of ether oxygens (including phenoxy) is 1. The number of rotatable bonds is 4. The molecule has 0 aliphatic rings. The van der Waals surface area contributed by atoms with Gasteiger partial charge in [-0.05, 0) is 18.9 Å². The highest BCUT2D eigenvalue weighted by molar-refractivity contribution is 7.10. The smallest absolute Gasteiger partial charge is 0.325 e. The van der Waals surface area contributed by atoms with Crippen LogP contribution in [0.1, 0.15) is 27.7 Å². The summed E-state index contributed by atoms with van der Waals surface area (Å²) in [6.45, 7) is 3.90. The lowest BCUT2D eigenvalue weighted by molar-refractivity contribution is -0.139. The summed E-state index contributed by atoms with van der Waals surface area (Å²) >= 11 is 1.55. The molecule has 0 aliphatic heterocycles. The molecule has 16 heavy (non-hydrogen) atoms. The largest absolute Gasteiger partial charge is 0.468 e. The molecule has 4 nitrogen and oxygen atoms in total. The molecule has 1 rings (SSSR count). The first kappa shape index (κ1) is 12.7. The molecule has 0 aliphatic carbocycles. The van der Waals surface area contributed by atoms with Crippen molar-refractivity contribution in [3.8, 4) is 0 Å². The summed E-state index contributed by atoms with van der Waals surface area (Å²) in [5.74, 6) is -0.662. The van der Waals surface area contributed by atoms with Crippen molar-refractivity contribution in [2.45, 2.75) is 20.3 Å². The van der Waals surface area contributed by atoms with Gasteiger partial charge in [-0.1, -0.05) is 6.92 Å². The summed E-state index contributed by atoms with van der Waals surface area (Å²) in [6.07, 6.45) is 0.816. The van der Waals surface area contributed by atoms with E-state index in [4.69, 9.17) is 0 Å². The monoisotopic (exact) mass is 241 g/mol. The first-order chi connectivity index (χ1) is 7.60. The summed E-state index contributed by atoms with van der Waals surface area (Å²) in [4.78, 5) is 23.8. The van der Waals surface area contributed by atoms with Crippen LogP contribution in [0.5, 0.6) is 0 Å². The van der Waals surface area contributed by atoms with Gasteiger partial charge in [-0.2, -0.15) is 0 Å². The summed E-state index contributed by atoms with van der Waals surface area (Å²) in [5, 5.41) is 4.35. The van der Waals surface area contributed by atoms with E-state index in [1.807, 2.05) is 19.2 Å². The quantitative estimate of drug-likeness (QED) is 0.813. The SMILES string of the molecule is CCc1c(C(=O)NCC(=O)OC)csc1C. The summed E-state index contributed by atoms with van der Waals surface area (Å²) < 4.78 is 4.45. The molecule has 0 saturated heterocycles. The first-order valence-corrected chi connectivity index (χ1v) is 5.90. The van der Waals surface area contributed by atoms with Crippen LogP contribution in [0.15, 0.2) is 5.38 Å². The molecule has 0 spiro atoms. The number of carbonyl (C=O) groups excluding carboxylic acids is 2. The number of amides is 1. The fourth-order valence-corrected chi connectivity index (χ4v) is 2.37. The molecule has 0 radical (unpaired) electrons. The predicted octanol–water partition coefficient (Wildman–Crippen LogP) is 1.52. The standard InChI is InChI=1S/C11H15NO3S/c1-4-8-7(2)16-6-9(8)11(14)12-5-10(13)15-3/h6H,4-5H2,1-3H3,(H,12,14). The molecule has 0 saturated carbocycles. The maximum atomic E-state index is 11.7. The fourth-order valence-electron chi connectivity index (χ4n) is 1.43. The molecule has 1 amide bonds. The number of carbonyl (C=O) groups is 2. The molecular formula is C11H15NO3S. The van der Waals surface area contributed by atoms with Gasteiger partial charge in [0, 0.05) is 10.3 Å². The zero-order chi connectivity index (χ0) is 12.1. The van der Waals surface area contributed by atoms with Crippen molar-refractivity contribution in [2.24, 2.45) is 0 Å². The maximum absolute atomic E-state index is 11.7. The van der Waals surface area contributed by atoms with Crippen molar-refractivity contribution < 1.29 is 14.3 Å². The van der Waals surface area contributed by atoms with E-state index in [0.29, 0.717) is 5.56 Å². The van der Waals surface area contributed by atoms with Gasteiger partial charge in [0.25, 0.3) is 5.91 Å². The van der Waals surface area contributed by atoms with Gasteiger partial charge >= 0.3 is 5.97 Å². The minimum Gasteiger partial charge on any atom is -0.468 e. The van der Waals surface area contributed by atoms with Crippen LogP contribution in [0.25, 0.3) is 0 Å². The summed E-state index contributed by atoms with van der Waals surface area (Å²) in [5.41, 5.74) is 1.71. The van der Waals surface area contributed by atoms with Crippen LogP contribution in [-0.4, -0.2) is 25.5 Å². The zero-order valence-corrected chi connectivity index (χ0v) is 10.4. The van der Waals surface area contributed by atoms with E-state index in [0.717, 1.165) is 16.9 Å². The van der Waals surface area contributed by atoms with Gasteiger partial charge in [0.05, 0.1) is 12.7 Å². The van der Waals surface area contributed by atoms with E-state index in [2.05, 4.69) is 10.1 Å². The topological polar surface area (TPSA) is 55.4 Å². The van der Waals surface area contributed by atoms with Crippen LogP contribution < -0.4 is 5.32 Å². The Morgan fingerprint density at radius 3 is 2.75 bits per heavy atom. The number of esters is 1. The number of hydrogen-bond donors (Lipinski definition) is 1. The highest BCUT2D eigenvalue weighted by Gasteiger charge is 2.14. The Hall–Kier alpha value is -1.36. The Morgan fingerprint density at radius 2 is 2.19 bits per heavy atom. The number of thiophene rings is 1. The van der Waals surface area contributed by atoms with E-state index in [1.165, 1.54) is 7.11 Å². The molecule has 0 fully saturated rings. The number of aryl methyl sites for hydroxylation is 1. The third kappa shape index (κ3) is 2.82. The number of methoxy groups -OCH3 is 1. The molecule has 1 aromatic heterocycles. The lowest BCUT2D eigenvalue weighted by Gasteiger charge is -2.04. The lowest BCUT2D eigenvalue weighted by atomic mass is 10.1. The lowest BCUT2D eigenvalue weighted by Crippen LogP contribution is -2.30. The van der Waals surface area contributed by atoms with Crippen LogP contribution in [-0.2, 0) is 16.0 Å². The van der Waals surface area contributed by atoms with Crippen molar-refractivity contribution in [3.05, 3.63) is 21.4 Å². The first-order valence-electron chi connectivity index (χ1n) is 5.02. The van der Waals surface area contributed by atoms with Gasteiger partial charge in [-0.25, -0.2) is 0 Å². The van der Waals surface area contributed by atoms with Gasteiger partial charge in [-0.15, -0.1) is 11.3 Å². The van der Waals surface area contributed by atoms with E-state index in [9.17, 15) is 9.59 Å². The normalized spacial score (nSPS) is 9.94. The van der Waals surface area contributed by atoms with Gasteiger partial charge in [0.15, 0.2) is 0 Å². The highest BCUT2D eigenvalue weighted by atomic mass is 32.1. The van der Waals surface area contributed by atoms with Crippen LogP contribution in [0.4, 0.5) is 0 Å². The van der Waals surface area contributed by atoms with Crippen molar-refractivity contribution in [1.29, 1.82) is 0 Å². The summed E-state index contributed by atoms with van der Waals surface area (Å²) in [6, 6.07) is 0. The van der Waals surface area contributed by atoms with Crippen LogP contribution in [0.3, 0.4) is 0 Å². The fraction of sp³-hybridized carbons (Fsp3) is 0.455. The van der Waals surface area contributed by atoms with Crippen molar-refractivity contribution in [3.63, 3.8) is 0 Å². The Kier molecular flexibility index (Phi) is 4.49. The molecular weight excluding hydrogens is 226 g/mol. The molecule has 1 N–H and O–H groups in total. The van der Waals surface area contributed by atoms with Crippen LogP contribution >= 0.6 is 11.3 Å².